The predicted molar refractivity (Wildman–Crippen MR) is 90.4 cm³/mol. The third-order valence-corrected chi connectivity index (χ3v) is 4.30. The first-order valence-electron chi connectivity index (χ1n) is 7.81. The minimum atomic E-state index is -0.951. The Kier molecular flexibility index (Phi) is 3.57. The molecule has 0 radical (unpaired) electrons. The number of amides is 1. The number of aliphatic carboxylic acids is 1. The Balaban J connectivity index is 1.66. The number of carboxylic acid groups (broad SMARTS) is 1. The number of benzene rings is 2. The van der Waals surface area contributed by atoms with Crippen LogP contribution in [0.4, 0.5) is 5.69 Å². The zero-order valence-corrected chi connectivity index (χ0v) is 13.1. The summed E-state index contributed by atoms with van der Waals surface area (Å²) in [5.74, 6) is -1.57. The molecule has 0 aliphatic carbocycles. The van der Waals surface area contributed by atoms with Crippen LogP contribution in [-0.4, -0.2) is 28.7 Å². The van der Waals surface area contributed by atoms with Gasteiger partial charge in [-0.2, -0.15) is 0 Å². The predicted octanol–water partition coefficient (Wildman–Crippen LogP) is 3.17. The van der Waals surface area contributed by atoms with E-state index in [4.69, 9.17) is 4.52 Å². The molecule has 3 aromatic rings. The van der Waals surface area contributed by atoms with E-state index >= 15 is 0 Å². The van der Waals surface area contributed by atoms with Gasteiger partial charge in [-0.1, -0.05) is 53.7 Å². The molecule has 6 nitrogen and oxygen atoms in total. The molecule has 1 amide bonds. The Hall–Kier alpha value is -3.41. The van der Waals surface area contributed by atoms with E-state index in [0.29, 0.717) is 17.0 Å². The molecule has 0 saturated carbocycles. The number of carbonyl (C=O) groups is 2. The fraction of sp³-hybridized carbons (Fsp3) is 0.105. The highest BCUT2D eigenvalue weighted by atomic mass is 16.5. The van der Waals surface area contributed by atoms with E-state index in [0.717, 1.165) is 5.56 Å². The van der Waals surface area contributed by atoms with Crippen molar-refractivity contribution in [1.29, 1.82) is 0 Å². The van der Waals surface area contributed by atoms with E-state index in [9.17, 15) is 14.7 Å². The number of hydrogen-bond donors (Lipinski definition) is 1. The second-order valence-electron chi connectivity index (χ2n) is 5.81. The van der Waals surface area contributed by atoms with Crippen LogP contribution >= 0.6 is 0 Å². The summed E-state index contributed by atoms with van der Waals surface area (Å²) in [5, 5.41) is 13.3. The first kappa shape index (κ1) is 15.1. The summed E-state index contributed by atoms with van der Waals surface area (Å²) in [6.45, 7) is 0.0844. The summed E-state index contributed by atoms with van der Waals surface area (Å²) in [5.41, 5.74) is 2.21. The molecule has 1 atom stereocenters. The molecule has 0 spiro atoms. The van der Waals surface area contributed by atoms with Crippen molar-refractivity contribution in [3.63, 3.8) is 0 Å². The van der Waals surface area contributed by atoms with Crippen LogP contribution in [0.3, 0.4) is 0 Å². The minimum absolute atomic E-state index is 0.0844. The number of nitrogens with zero attached hydrogens (tertiary/aromatic N) is 2. The Morgan fingerprint density at radius 3 is 2.56 bits per heavy atom. The molecular formula is C19H14N2O4. The van der Waals surface area contributed by atoms with Crippen LogP contribution in [0.15, 0.2) is 65.2 Å². The first-order valence-corrected chi connectivity index (χ1v) is 7.81. The van der Waals surface area contributed by atoms with Crippen molar-refractivity contribution in [2.75, 3.05) is 11.4 Å². The SMILES string of the molecule is O=C(O)[C@@H]1CN(C(=O)c2cc(-c3ccccc3)on2)c2ccccc21. The monoisotopic (exact) mass is 334 g/mol. The maximum absolute atomic E-state index is 12.8. The molecule has 0 bridgehead atoms. The summed E-state index contributed by atoms with van der Waals surface area (Å²) in [4.78, 5) is 25.8. The van der Waals surface area contributed by atoms with Gasteiger partial charge in [0.2, 0.25) is 0 Å². The number of para-hydroxylation sites is 1. The van der Waals surface area contributed by atoms with Crippen LogP contribution in [0.5, 0.6) is 0 Å². The van der Waals surface area contributed by atoms with Crippen molar-refractivity contribution in [3.05, 3.63) is 71.9 Å². The van der Waals surface area contributed by atoms with Crippen LogP contribution in [0.25, 0.3) is 11.3 Å². The lowest BCUT2D eigenvalue weighted by Crippen LogP contribution is -2.31. The fourth-order valence-corrected chi connectivity index (χ4v) is 3.06. The fourth-order valence-electron chi connectivity index (χ4n) is 3.06. The van der Waals surface area contributed by atoms with Crippen LogP contribution < -0.4 is 4.90 Å². The summed E-state index contributed by atoms with van der Waals surface area (Å²) < 4.78 is 5.28. The van der Waals surface area contributed by atoms with Crippen LogP contribution in [0.2, 0.25) is 0 Å². The van der Waals surface area contributed by atoms with Crippen LogP contribution in [0.1, 0.15) is 22.0 Å². The lowest BCUT2D eigenvalue weighted by Gasteiger charge is -2.15. The highest BCUT2D eigenvalue weighted by Crippen LogP contribution is 2.37. The number of carboxylic acids is 1. The number of anilines is 1. The summed E-state index contributed by atoms with van der Waals surface area (Å²) >= 11 is 0. The first-order chi connectivity index (χ1) is 12.1. The zero-order valence-electron chi connectivity index (χ0n) is 13.1. The van der Waals surface area contributed by atoms with Gasteiger partial charge in [0, 0.05) is 23.9 Å². The summed E-state index contributed by atoms with van der Waals surface area (Å²) in [7, 11) is 0. The number of carbonyl (C=O) groups excluding carboxylic acids is 1. The van der Waals surface area contributed by atoms with Gasteiger partial charge in [0.05, 0.1) is 0 Å². The van der Waals surface area contributed by atoms with Crippen molar-refractivity contribution < 1.29 is 19.2 Å². The molecule has 2 heterocycles. The maximum atomic E-state index is 12.8. The van der Waals surface area contributed by atoms with Gasteiger partial charge in [-0.3, -0.25) is 9.59 Å². The largest absolute Gasteiger partial charge is 0.481 e. The van der Waals surface area contributed by atoms with Gasteiger partial charge in [0.15, 0.2) is 11.5 Å². The average Bonchev–Trinajstić information content (AvgIpc) is 3.27. The molecule has 6 heteroatoms. The molecule has 25 heavy (non-hydrogen) atoms. The lowest BCUT2D eigenvalue weighted by atomic mass is 10.0. The molecule has 1 N–H and O–H groups in total. The quantitative estimate of drug-likeness (QED) is 0.795. The highest BCUT2D eigenvalue weighted by molar-refractivity contribution is 6.08. The maximum Gasteiger partial charge on any atom is 0.312 e. The molecule has 4 rings (SSSR count). The van der Waals surface area contributed by atoms with Gasteiger partial charge in [0.1, 0.15) is 5.92 Å². The van der Waals surface area contributed by atoms with Crippen molar-refractivity contribution in [2.45, 2.75) is 5.92 Å². The number of rotatable bonds is 3. The van der Waals surface area contributed by atoms with Gasteiger partial charge in [-0.05, 0) is 11.6 Å². The molecule has 1 aliphatic rings. The molecule has 1 aliphatic heterocycles. The average molecular weight is 334 g/mol. The van der Waals surface area contributed by atoms with E-state index in [2.05, 4.69) is 5.16 Å². The molecule has 124 valence electrons. The third kappa shape index (κ3) is 2.57. The summed E-state index contributed by atoms with van der Waals surface area (Å²) in [6.07, 6.45) is 0. The molecule has 2 aromatic carbocycles. The van der Waals surface area contributed by atoms with Crippen molar-refractivity contribution >= 4 is 17.6 Å². The Bertz CT molecular complexity index is 949. The minimum Gasteiger partial charge on any atom is -0.481 e. The van der Waals surface area contributed by atoms with E-state index < -0.39 is 11.9 Å². The van der Waals surface area contributed by atoms with Gasteiger partial charge in [0.25, 0.3) is 5.91 Å². The highest BCUT2D eigenvalue weighted by Gasteiger charge is 2.37. The van der Waals surface area contributed by atoms with Crippen molar-refractivity contribution in [2.24, 2.45) is 0 Å². The molecule has 1 aromatic heterocycles. The van der Waals surface area contributed by atoms with Crippen molar-refractivity contribution in [3.8, 4) is 11.3 Å². The molecular weight excluding hydrogens is 320 g/mol. The third-order valence-electron chi connectivity index (χ3n) is 4.30. The summed E-state index contributed by atoms with van der Waals surface area (Å²) in [6, 6.07) is 18.0. The number of hydrogen-bond acceptors (Lipinski definition) is 4. The number of aromatic nitrogens is 1. The van der Waals surface area contributed by atoms with Gasteiger partial charge in [-0.15, -0.1) is 0 Å². The molecule has 0 saturated heterocycles. The normalized spacial score (nSPS) is 15.8. The topological polar surface area (TPSA) is 83.6 Å². The van der Waals surface area contributed by atoms with Crippen LogP contribution in [0, 0.1) is 0 Å². The standard InChI is InChI=1S/C19H14N2O4/c22-18(15-10-17(25-20-15)12-6-2-1-3-7-12)21-11-14(19(23)24)13-8-4-5-9-16(13)21/h1-10,14H,11H2,(H,23,24)/t14-/m1/s1. The van der Waals surface area contributed by atoms with Gasteiger partial charge in [-0.25, -0.2) is 0 Å². The smallest absolute Gasteiger partial charge is 0.312 e. The lowest BCUT2D eigenvalue weighted by molar-refractivity contribution is -0.138. The van der Waals surface area contributed by atoms with E-state index in [1.807, 2.05) is 30.3 Å². The van der Waals surface area contributed by atoms with E-state index in [1.54, 1.807) is 30.3 Å². The van der Waals surface area contributed by atoms with Crippen LogP contribution in [-0.2, 0) is 4.79 Å². The second kappa shape index (κ2) is 5.90. The van der Waals surface area contributed by atoms with Gasteiger partial charge >= 0.3 is 5.97 Å². The van der Waals surface area contributed by atoms with E-state index in [-0.39, 0.29) is 18.1 Å². The van der Waals surface area contributed by atoms with Crippen molar-refractivity contribution in [1.82, 2.24) is 5.16 Å². The zero-order chi connectivity index (χ0) is 17.4. The molecule has 0 fully saturated rings. The van der Waals surface area contributed by atoms with Gasteiger partial charge < -0.3 is 14.5 Å². The number of fused-ring (bicyclic) bond motifs is 1. The Labute approximate surface area is 143 Å². The van der Waals surface area contributed by atoms with E-state index in [1.165, 1.54) is 4.90 Å². The second-order valence-corrected chi connectivity index (χ2v) is 5.81. The Morgan fingerprint density at radius 2 is 1.80 bits per heavy atom. The Morgan fingerprint density at radius 1 is 1.08 bits per heavy atom. The molecule has 0 unspecified atom stereocenters.